The van der Waals surface area contributed by atoms with E-state index in [4.69, 9.17) is 11.6 Å². The van der Waals surface area contributed by atoms with Crippen LogP contribution in [0.2, 0.25) is 5.02 Å². The molecule has 0 saturated carbocycles. The summed E-state index contributed by atoms with van der Waals surface area (Å²) in [7, 11) is 0. The van der Waals surface area contributed by atoms with Crippen molar-refractivity contribution in [2.45, 2.75) is 19.8 Å². The van der Waals surface area contributed by atoms with E-state index in [-0.39, 0.29) is 0 Å². The summed E-state index contributed by atoms with van der Waals surface area (Å²) in [6, 6.07) is 8.04. The van der Waals surface area contributed by atoms with Crippen LogP contribution in [-0.2, 0) is 6.42 Å². The SMILES string of the molecule is CCNCCCc1ccccc1Cl. The van der Waals surface area contributed by atoms with Gasteiger partial charge in [-0.05, 0) is 37.6 Å². The molecule has 0 fully saturated rings. The van der Waals surface area contributed by atoms with E-state index in [2.05, 4.69) is 18.3 Å². The van der Waals surface area contributed by atoms with Crippen molar-refractivity contribution >= 4 is 11.6 Å². The van der Waals surface area contributed by atoms with E-state index in [1.807, 2.05) is 18.2 Å². The third-order valence-electron chi connectivity index (χ3n) is 2.01. The topological polar surface area (TPSA) is 12.0 Å². The minimum Gasteiger partial charge on any atom is -0.317 e. The molecule has 0 unspecified atom stereocenters. The van der Waals surface area contributed by atoms with Gasteiger partial charge in [0.05, 0.1) is 0 Å². The van der Waals surface area contributed by atoms with Gasteiger partial charge in [-0.1, -0.05) is 36.7 Å². The van der Waals surface area contributed by atoms with Gasteiger partial charge in [-0.25, -0.2) is 0 Å². The lowest BCUT2D eigenvalue weighted by Crippen LogP contribution is -2.14. The first-order valence-electron chi connectivity index (χ1n) is 4.78. The predicted octanol–water partition coefficient (Wildman–Crippen LogP) is 2.88. The summed E-state index contributed by atoms with van der Waals surface area (Å²) >= 11 is 6.02. The highest BCUT2D eigenvalue weighted by Gasteiger charge is 1.97. The lowest BCUT2D eigenvalue weighted by Gasteiger charge is -2.03. The van der Waals surface area contributed by atoms with Gasteiger partial charge in [0, 0.05) is 5.02 Å². The van der Waals surface area contributed by atoms with Crippen molar-refractivity contribution < 1.29 is 0 Å². The largest absolute Gasteiger partial charge is 0.317 e. The number of rotatable bonds is 5. The Balaban J connectivity index is 2.32. The Morgan fingerprint density at radius 3 is 2.77 bits per heavy atom. The first-order chi connectivity index (χ1) is 6.34. The number of halogens is 1. The Kier molecular flexibility index (Phi) is 4.87. The maximum atomic E-state index is 6.02. The third-order valence-corrected chi connectivity index (χ3v) is 2.38. The molecule has 0 aliphatic rings. The molecular weight excluding hydrogens is 182 g/mol. The normalized spacial score (nSPS) is 10.3. The molecule has 1 aromatic rings. The average molecular weight is 198 g/mol. The quantitative estimate of drug-likeness (QED) is 0.716. The fourth-order valence-corrected chi connectivity index (χ4v) is 1.51. The van der Waals surface area contributed by atoms with E-state index >= 15 is 0 Å². The van der Waals surface area contributed by atoms with Crippen molar-refractivity contribution in [1.29, 1.82) is 0 Å². The van der Waals surface area contributed by atoms with Crippen LogP contribution in [-0.4, -0.2) is 13.1 Å². The maximum absolute atomic E-state index is 6.02. The number of benzene rings is 1. The van der Waals surface area contributed by atoms with Crippen molar-refractivity contribution in [2.24, 2.45) is 0 Å². The van der Waals surface area contributed by atoms with Crippen molar-refractivity contribution in [3.63, 3.8) is 0 Å². The molecule has 0 aliphatic carbocycles. The molecule has 0 bridgehead atoms. The van der Waals surface area contributed by atoms with Gasteiger partial charge >= 0.3 is 0 Å². The molecule has 0 radical (unpaired) electrons. The van der Waals surface area contributed by atoms with Crippen LogP contribution in [0.3, 0.4) is 0 Å². The van der Waals surface area contributed by atoms with E-state index in [9.17, 15) is 0 Å². The van der Waals surface area contributed by atoms with Crippen LogP contribution in [0.15, 0.2) is 24.3 Å². The molecule has 0 aromatic heterocycles. The van der Waals surface area contributed by atoms with Crippen LogP contribution >= 0.6 is 11.6 Å². The van der Waals surface area contributed by atoms with Gasteiger partial charge in [0.25, 0.3) is 0 Å². The summed E-state index contributed by atoms with van der Waals surface area (Å²) < 4.78 is 0. The van der Waals surface area contributed by atoms with Crippen molar-refractivity contribution in [3.05, 3.63) is 34.9 Å². The molecule has 13 heavy (non-hydrogen) atoms. The monoisotopic (exact) mass is 197 g/mol. The zero-order valence-corrected chi connectivity index (χ0v) is 8.77. The summed E-state index contributed by atoms with van der Waals surface area (Å²) in [5.41, 5.74) is 1.25. The predicted molar refractivity (Wildman–Crippen MR) is 58.3 cm³/mol. The molecule has 0 aliphatic heterocycles. The Bertz CT molecular complexity index is 248. The molecule has 1 rings (SSSR count). The summed E-state index contributed by atoms with van der Waals surface area (Å²) in [4.78, 5) is 0. The lowest BCUT2D eigenvalue weighted by atomic mass is 10.1. The second-order valence-corrected chi connectivity index (χ2v) is 3.46. The fourth-order valence-electron chi connectivity index (χ4n) is 1.28. The first-order valence-corrected chi connectivity index (χ1v) is 5.16. The third kappa shape index (κ3) is 3.79. The van der Waals surface area contributed by atoms with Gasteiger partial charge in [-0.15, -0.1) is 0 Å². The maximum Gasteiger partial charge on any atom is 0.0437 e. The Hall–Kier alpha value is -0.530. The molecule has 0 amide bonds. The van der Waals surface area contributed by atoms with Crippen molar-refractivity contribution in [2.75, 3.05) is 13.1 Å². The van der Waals surface area contributed by atoms with Gasteiger partial charge in [-0.3, -0.25) is 0 Å². The van der Waals surface area contributed by atoms with E-state index in [0.717, 1.165) is 31.0 Å². The fraction of sp³-hybridized carbons (Fsp3) is 0.455. The molecule has 1 aromatic carbocycles. The van der Waals surface area contributed by atoms with Crippen LogP contribution in [0.1, 0.15) is 18.9 Å². The van der Waals surface area contributed by atoms with Gasteiger partial charge in [-0.2, -0.15) is 0 Å². The van der Waals surface area contributed by atoms with Crippen LogP contribution < -0.4 is 5.32 Å². The van der Waals surface area contributed by atoms with Crippen LogP contribution in [0.4, 0.5) is 0 Å². The van der Waals surface area contributed by atoms with E-state index in [1.165, 1.54) is 5.56 Å². The van der Waals surface area contributed by atoms with Crippen molar-refractivity contribution in [1.82, 2.24) is 5.32 Å². The van der Waals surface area contributed by atoms with Crippen LogP contribution in [0, 0.1) is 0 Å². The molecule has 0 spiro atoms. The molecule has 0 heterocycles. The van der Waals surface area contributed by atoms with E-state index < -0.39 is 0 Å². The second-order valence-electron chi connectivity index (χ2n) is 3.05. The van der Waals surface area contributed by atoms with Crippen LogP contribution in [0.5, 0.6) is 0 Å². The zero-order valence-electron chi connectivity index (χ0n) is 8.02. The summed E-state index contributed by atoms with van der Waals surface area (Å²) in [5.74, 6) is 0. The summed E-state index contributed by atoms with van der Waals surface area (Å²) in [5, 5.41) is 4.18. The highest BCUT2D eigenvalue weighted by molar-refractivity contribution is 6.31. The summed E-state index contributed by atoms with van der Waals surface area (Å²) in [6.07, 6.45) is 2.21. The minimum absolute atomic E-state index is 0.888. The van der Waals surface area contributed by atoms with Gasteiger partial charge in [0.2, 0.25) is 0 Å². The molecule has 0 saturated heterocycles. The number of nitrogens with one attached hydrogen (secondary N) is 1. The highest BCUT2D eigenvalue weighted by Crippen LogP contribution is 2.15. The lowest BCUT2D eigenvalue weighted by molar-refractivity contribution is 0.673. The zero-order chi connectivity index (χ0) is 9.52. The van der Waals surface area contributed by atoms with Gasteiger partial charge < -0.3 is 5.32 Å². The second kappa shape index (κ2) is 6.01. The first kappa shape index (κ1) is 10.6. The Morgan fingerprint density at radius 2 is 2.08 bits per heavy atom. The smallest absolute Gasteiger partial charge is 0.0437 e. The minimum atomic E-state index is 0.888. The van der Waals surface area contributed by atoms with Crippen molar-refractivity contribution in [3.8, 4) is 0 Å². The number of hydrogen-bond donors (Lipinski definition) is 1. The Labute approximate surface area is 85.1 Å². The molecular formula is C11H16ClN. The molecule has 72 valence electrons. The molecule has 0 atom stereocenters. The van der Waals surface area contributed by atoms with E-state index in [0.29, 0.717) is 0 Å². The van der Waals surface area contributed by atoms with Gasteiger partial charge in [0.15, 0.2) is 0 Å². The van der Waals surface area contributed by atoms with E-state index in [1.54, 1.807) is 0 Å². The van der Waals surface area contributed by atoms with Crippen LogP contribution in [0.25, 0.3) is 0 Å². The molecule has 1 N–H and O–H groups in total. The molecule has 2 heteroatoms. The highest BCUT2D eigenvalue weighted by atomic mass is 35.5. The standard InChI is InChI=1S/C11H16ClN/c1-2-13-9-5-7-10-6-3-4-8-11(10)12/h3-4,6,8,13H,2,5,7,9H2,1H3. The summed E-state index contributed by atoms with van der Waals surface area (Å²) in [6.45, 7) is 4.24. The average Bonchev–Trinajstić information content (AvgIpc) is 2.15. The Morgan fingerprint density at radius 1 is 1.31 bits per heavy atom. The number of aryl methyl sites for hydroxylation is 1. The van der Waals surface area contributed by atoms with Gasteiger partial charge in [0.1, 0.15) is 0 Å². The molecule has 1 nitrogen and oxygen atoms in total. The number of hydrogen-bond acceptors (Lipinski definition) is 1.